The predicted octanol–water partition coefficient (Wildman–Crippen LogP) is 3.56. The van der Waals surface area contributed by atoms with E-state index >= 15 is 0 Å². The Balaban J connectivity index is 1.25. The minimum absolute atomic E-state index is 0.214. The number of piperidine rings is 1. The number of hydrogen-bond donors (Lipinski definition) is 0. The van der Waals surface area contributed by atoms with Crippen molar-refractivity contribution in [3.8, 4) is 5.75 Å². The topological polar surface area (TPSA) is 39.3 Å². The Morgan fingerprint density at radius 1 is 0.829 bits per heavy atom. The van der Waals surface area contributed by atoms with Gasteiger partial charge in [-0.1, -0.05) is 30.7 Å². The van der Waals surface area contributed by atoms with Crippen LogP contribution in [0.2, 0.25) is 0 Å². The lowest BCUT2D eigenvalue weighted by Gasteiger charge is -2.38. The molecule has 2 fully saturated rings. The maximum atomic E-state index is 13.3. The van der Waals surface area contributed by atoms with Crippen LogP contribution in [0.25, 0.3) is 0 Å². The minimum atomic E-state index is 0.214. The van der Waals surface area contributed by atoms with Gasteiger partial charge in [0, 0.05) is 62.6 Å². The number of likely N-dealkylation sites (tertiary alicyclic amines) is 1. The van der Waals surface area contributed by atoms with E-state index in [9.17, 15) is 4.79 Å². The van der Waals surface area contributed by atoms with Gasteiger partial charge in [0.25, 0.3) is 0 Å². The van der Waals surface area contributed by atoms with Crippen molar-refractivity contribution in [1.82, 2.24) is 14.7 Å². The van der Waals surface area contributed by atoms with E-state index < -0.39 is 0 Å². The van der Waals surface area contributed by atoms with Gasteiger partial charge < -0.3 is 19.4 Å². The van der Waals surface area contributed by atoms with Crippen molar-refractivity contribution >= 4 is 11.6 Å². The molecule has 2 aromatic rings. The quantitative estimate of drug-likeness (QED) is 0.638. The summed E-state index contributed by atoms with van der Waals surface area (Å²) in [6.45, 7) is 9.03. The lowest BCUT2D eigenvalue weighted by Crippen LogP contribution is -2.45. The predicted molar refractivity (Wildman–Crippen MR) is 141 cm³/mol. The second-order valence-corrected chi connectivity index (χ2v) is 10.4. The molecule has 3 heterocycles. The van der Waals surface area contributed by atoms with Crippen molar-refractivity contribution in [3.63, 3.8) is 0 Å². The second-order valence-electron chi connectivity index (χ2n) is 10.4. The smallest absolute Gasteiger partial charge is 0.227 e. The Labute approximate surface area is 210 Å². The molecule has 0 spiro atoms. The average molecular weight is 477 g/mol. The first-order valence-electron chi connectivity index (χ1n) is 13.3. The van der Waals surface area contributed by atoms with Gasteiger partial charge in [0.15, 0.2) is 0 Å². The van der Waals surface area contributed by atoms with Gasteiger partial charge in [0.05, 0.1) is 13.5 Å². The Morgan fingerprint density at radius 2 is 1.54 bits per heavy atom. The molecule has 0 unspecified atom stereocenters. The molecule has 5 rings (SSSR count). The third-order valence-corrected chi connectivity index (χ3v) is 7.99. The number of nitrogens with zero attached hydrogens (tertiary/aromatic N) is 4. The number of anilines is 1. The van der Waals surface area contributed by atoms with E-state index in [-0.39, 0.29) is 5.91 Å². The maximum Gasteiger partial charge on any atom is 0.227 e. The third-order valence-electron chi connectivity index (χ3n) is 7.99. The first-order valence-corrected chi connectivity index (χ1v) is 13.3. The lowest BCUT2D eigenvalue weighted by molar-refractivity contribution is -0.131. The molecule has 2 saturated heterocycles. The first kappa shape index (κ1) is 24.1. The van der Waals surface area contributed by atoms with Crippen LogP contribution in [-0.2, 0) is 30.7 Å². The summed E-state index contributed by atoms with van der Waals surface area (Å²) < 4.78 is 5.70. The molecule has 188 valence electrons. The van der Waals surface area contributed by atoms with Gasteiger partial charge in [-0.05, 0) is 62.7 Å². The molecule has 3 aliphatic heterocycles. The van der Waals surface area contributed by atoms with E-state index in [0.29, 0.717) is 13.0 Å². The Kier molecular flexibility index (Phi) is 7.59. The zero-order valence-electron chi connectivity index (χ0n) is 21.5. The molecule has 0 N–H and O–H groups in total. The standard InChI is InChI=1S/C29H40N4O2/c1-30-16-18-32(19-17-30)27-10-11-28(35-2)25-12-15-33(22-26(25)27)29(34)20-23-6-8-24(9-7-23)21-31-13-4-3-5-14-31/h6-11H,3-5,12-22H2,1-2H3. The number of piperazine rings is 1. The average Bonchev–Trinajstić information content (AvgIpc) is 2.90. The number of likely N-dealkylation sites (N-methyl/N-ethyl adjacent to an activating group) is 1. The number of methoxy groups -OCH3 is 1. The van der Waals surface area contributed by atoms with E-state index in [1.165, 1.54) is 54.7 Å². The van der Waals surface area contributed by atoms with E-state index in [2.05, 4.69) is 58.1 Å². The highest BCUT2D eigenvalue weighted by molar-refractivity contribution is 5.79. The van der Waals surface area contributed by atoms with Crippen molar-refractivity contribution < 1.29 is 9.53 Å². The number of benzene rings is 2. The summed E-state index contributed by atoms with van der Waals surface area (Å²) in [4.78, 5) is 22.8. The summed E-state index contributed by atoms with van der Waals surface area (Å²) in [6.07, 6.45) is 5.30. The van der Waals surface area contributed by atoms with E-state index in [1.807, 2.05) is 4.90 Å². The van der Waals surface area contributed by atoms with Crippen LogP contribution in [0.3, 0.4) is 0 Å². The molecule has 0 radical (unpaired) electrons. The summed E-state index contributed by atoms with van der Waals surface area (Å²) in [5.74, 6) is 1.17. The van der Waals surface area contributed by atoms with Crippen LogP contribution in [0.1, 0.15) is 41.5 Å². The maximum absolute atomic E-state index is 13.3. The molecule has 0 bridgehead atoms. The Hall–Kier alpha value is -2.57. The first-order chi connectivity index (χ1) is 17.1. The molecule has 0 aliphatic carbocycles. The van der Waals surface area contributed by atoms with E-state index in [1.54, 1.807) is 7.11 Å². The fraction of sp³-hybridized carbons (Fsp3) is 0.552. The van der Waals surface area contributed by atoms with Crippen LogP contribution in [0.5, 0.6) is 5.75 Å². The van der Waals surface area contributed by atoms with Gasteiger partial charge in [0.1, 0.15) is 5.75 Å². The summed E-state index contributed by atoms with van der Waals surface area (Å²) in [5.41, 5.74) is 6.26. The van der Waals surface area contributed by atoms with Crippen LogP contribution >= 0.6 is 0 Å². The molecule has 0 aromatic heterocycles. The van der Waals surface area contributed by atoms with Crippen LogP contribution in [0.4, 0.5) is 5.69 Å². The number of fused-ring (bicyclic) bond motifs is 1. The van der Waals surface area contributed by atoms with Gasteiger partial charge in [-0.2, -0.15) is 0 Å². The number of carbonyl (C=O) groups excluding carboxylic acids is 1. The van der Waals surface area contributed by atoms with Crippen LogP contribution in [-0.4, -0.2) is 80.6 Å². The van der Waals surface area contributed by atoms with Gasteiger partial charge in [-0.15, -0.1) is 0 Å². The van der Waals surface area contributed by atoms with Crippen molar-refractivity contribution in [2.75, 3.05) is 64.9 Å². The molecule has 0 atom stereocenters. The second kappa shape index (κ2) is 11.0. The monoisotopic (exact) mass is 476 g/mol. The number of carbonyl (C=O) groups is 1. The number of ether oxygens (including phenoxy) is 1. The molecule has 2 aromatic carbocycles. The zero-order chi connectivity index (χ0) is 24.2. The van der Waals surface area contributed by atoms with Crippen molar-refractivity contribution in [3.05, 3.63) is 58.7 Å². The van der Waals surface area contributed by atoms with E-state index in [4.69, 9.17) is 4.74 Å². The van der Waals surface area contributed by atoms with Crippen LogP contribution < -0.4 is 9.64 Å². The SMILES string of the molecule is COc1ccc(N2CCN(C)CC2)c2c1CCN(C(=O)Cc1ccc(CN3CCCCC3)cc1)C2. The summed E-state index contributed by atoms with van der Waals surface area (Å²) in [6, 6.07) is 13.0. The van der Waals surface area contributed by atoms with Gasteiger partial charge in [-0.3, -0.25) is 9.69 Å². The molecule has 6 nitrogen and oxygen atoms in total. The van der Waals surface area contributed by atoms with Gasteiger partial charge >= 0.3 is 0 Å². The molecule has 6 heteroatoms. The molecular formula is C29H40N4O2. The highest BCUT2D eigenvalue weighted by Crippen LogP contribution is 2.36. The molecular weight excluding hydrogens is 436 g/mol. The van der Waals surface area contributed by atoms with Crippen LogP contribution in [0.15, 0.2) is 36.4 Å². The highest BCUT2D eigenvalue weighted by atomic mass is 16.5. The van der Waals surface area contributed by atoms with Gasteiger partial charge in [0.2, 0.25) is 5.91 Å². The molecule has 1 amide bonds. The fourth-order valence-electron chi connectivity index (χ4n) is 5.80. The number of hydrogen-bond acceptors (Lipinski definition) is 5. The van der Waals surface area contributed by atoms with Crippen molar-refractivity contribution in [1.29, 1.82) is 0 Å². The molecule has 35 heavy (non-hydrogen) atoms. The number of amides is 1. The highest BCUT2D eigenvalue weighted by Gasteiger charge is 2.28. The van der Waals surface area contributed by atoms with Gasteiger partial charge in [-0.25, -0.2) is 0 Å². The lowest BCUT2D eigenvalue weighted by atomic mass is 9.95. The summed E-state index contributed by atoms with van der Waals surface area (Å²) in [7, 11) is 3.93. The van der Waals surface area contributed by atoms with Crippen molar-refractivity contribution in [2.24, 2.45) is 0 Å². The Morgan fingerprint density at radius 3 is 2.26 bits per heavy atom. The van der Waals surface area contributed by atoms with E-state index in [0.717, 1.165) is 57.0 Å². The fourth-order valence-corrected chi connectivity index (χ4v) is 5.80. The normalized spacial score (nSPS) is 19.5. The summed E-state index contributed by atoms with van der Waals surface area (Å²) >= 11 is 0. The zero-order valence-corrected chi connectivity index (χ0v) is 21.5. The number of rotatable bonds is 6. The van der Waals surface area contributed by atoms with Crippen molar-refractivity contribution in [2.45, 2.75) is 45.2 Å². The molecule has 0 saturated carbocycles. The third kappa shape index (κ3) is 5.65. The summed E-state index contributed by atoms with van der Waals surface area (Å²) in [5, 5.41) is 0. The largest absolute Gasteiger partial charge is 0.496 e. The Bertz CT molecular complexity index is 1010. The van der Waals surface area contributed by atoms with Crippen LogP contribution in [0, 0.1) is 0 Å². The molecule has 3 aliphatic rings. The minimum Gasteiger partial charge on any atom is -0.496 e.